The summed E-state index contributed by atoms with van der Waals surface area (Å²) in [6, 6.07) is 5.30. The van der Waals surface area contributed by atoms with Crippen molar-refractivity contribution in [1.29, 1.82) is 0 Å². The predicted octanol–water partition coefficient (Wildman–Crippen LogP) is 3.45. The van der Waals surface area contributed by atoms with Crippen LogP contribution in [0.2, 0.25) is 5.02 Å². The highest BCUT2D eigenvalue weighted by Crippen LogP contribution is 2.25. The van der Waals surface area contributed by atoms with Crippen LogP contribution in [0.15, 0.2) is 18.2 Å². The zero-order chi connectivity index (χ0) is 15.1. The summed E-state index contributed by atoms with van der Waals surface area (Å²) in [5, 5.41) is 11.9. The molecule has 0 aliphatic rings. The lowest BCUT2D eigenvalue weighted by atomic mass is 10.0. The molecule has 110 valence electrons. The van der Waals surface area contributed by atoms with Crippen molar-refractivity contribution in [2.45, 2.75) is 39.0 Å². The second-order valence-electron chi connectivity index (χ2n) is 5.00. The molecule has 0 saturated heterocycles. The molecule has 0 aromatic heterocycles. The van der Waals surface area contributed by atoms with Crippen molar-refractivity contribution < 1.29 is 14.7 Å². The second kappa shape index (κ2) is 7.90. The molecule has 1 aromatic rings. The van der Waals surface area contributed by atoms with Gasteiger partial charge in [-0.05, 0) is 36.5 Å². The average molecular weight is 298 g/mol. The molecular formula is C15H20ClNO3. The number of carbonyl (C=O) groups excluding carboxylic acids is 1. The first kappa shape index (κ1) is 16.5. The normalized spacial score (nSPS) is 10.6. The van der Waals surface area contributed by atoms with Gasteiger partial charge in [-0.1, -0.05) is 31.5 Å². The molecule has 5 heteroatoms. The fourth-order valence-electron chi connectivity index (χ4n) is 1.84. The van der Waals surface area contributed by atoms with E-state index >= 15 is 0 Å². The molecule has 4 nitrogen and oxygen atoms in total. The lowest BCUT2D eigenvalue weighted by Gasteiger charge is -2.10. The Kier molecular flexibility index (Phi) is 6.52. The molecule has 1 aromatic carbocycles. The molecule has 0 heterocycles. The van der Waals surface area contributed by atoms with Crippen molar-refractivity contribution in [3.63, 3.8) is 0 Å². The largest absolute Gasteiger partial charge is 0.481 e. The third-order valence-corrected chi connectivity index (χ3v) is 3.31. The maximum absolute atomic E-state index is 11.9. The van der Waals surface area contributed by atoms with Crippen LogP contribution in [0.4, 0.5) is 0 Å². The number of carbonyl (C=O) groups is 2. The number of hydrogen-bond acceptors (Lipinski definition) is 2. The van der Waals surface area contributed by atoms with Crippen LogP contribution in [0.3, 0.4) is 0 Å². The van der Waals surface area contributed by atoms with E-state index in [1.54, 1.807) is 12.1 Å². The predicted molar refractivity (Wildman–Crippen MR) is 79.4 cm³/mol. The summed E-state index contributed by atoms with van der Waals surface area (Å²) < 4.78 is 0. The van der Waals surface area contributed by atoms with Crippen molar-refractivity contribution in [1.82, 2.24) is 5.32 Å². The first-order valence-electron chi connectivity index (χ1n) is 6.71. The van der Waals surface area contributed by atoms with E-state index in [0.717, 1.165) is 5.56 Å². The molecule has 0 aliphatic heterocycles. The number of aliphatic carboxylic acids is 1. The first-order chi connectivity index (χ1) is 9.41. The standard InChI is InChI=1S/C15H20ClNO3/c1-10(2)12-7-6-11(9-13(12)16)15(20)17-8-4-3-5-14(18)19/h6-7,9-10H,3-5,8H2,1-2H3,(H,17,20)(H,18,19). The van der Waals surface area contributed by atoms with Crippen molar-refractivity contribution in [3.05, 3.63) is 34.3 Å². The maximum atomic E-state index is 11.9. The Labute approximate surface area is 124 Å². The van der Waals surface area contributed by atoms with Gasteiger partial charge in [0.1, 0.15) is 0 Å². The number of nitrogens with one attached hydrogen (secondary N) is 1. The van der Waals surface area contributed by atoms with Gasteiger partial charge in [0.2, 0.25) is 0 Å². The van der Waals surface area contributed by atoms with Gasteiger partial charge in [0.25, 0.3) is 5.91 Å². The summed E-state index contributed by atoms with van der Waals surface area (Å²) in [7, 11) is 0. The number of halogens is 1. The molecule has 0 saturated carbocycles. The Morgan fingerprint density at radius 3 is 2.55 bits per heavy atom. The quantitative estimate of drug-likeness (QED) is 0.758. The highest BCUT2D eigenvalue weighted by molar-refractivity contribution is 6.31. The number of amides is 1. The third kappa shape index (κ3) is 5.21. The monoisotopic (exact) mass is 297 g/mol. The summed E-state index contributed by atoms with van der Waals surface area (Å²) in [5.74, 6) is -0.680. The van der Waals surface area contributed by atoms with E-state index in [2.05, 4.69) is 5.32 Å². The average Bonchev–Trinajstić information content (AvgIpc) is 2.37. The number of carboxylic acid groups (broad SMARTS) is 1. The topological polar surface area (TPSA) is 66.4 Å². The fourth-order valence-corrected chi connectivity index (χ4v) is 2.24. The smallest absolute Gasteiger partial charge is 0.303 e. The van der Waals surface area contributed by atoms with Gasteiger partial charge < -0.3 is 10.4 Å². The van der Waals surface area contributed by atoms with Crippen LogP contribution in [0.5, 0.6) is 0 Å². The number of rotatable bonds is 7. The molecule has 1 amide bonds. The SMILES string of the molecule is CC(C)c1ccc(C(=O)NCCCCC(=O)O)cc1Cl. The van der Waals surface area contributed by atoms with E-state index in [1.807, 2.05) is 19.9 Å². The van der Waals surface area contributed by atoms with E-state index in [0.29, 0.717) is 35.9 Å². The maximum Gasteiger partial charge on any atom is 0.303 e. The van der Waals surface area contributed by atoms with Gasteiger partial charge in [-0.25, -0.2) is 0 Å². The fraction of sp³-hybridized carbons (Fsp3) is 0.467. The van der Waals surface area contributed by atoms with E-state index in [1.165, 1.54) is 0 Å². The molecule has 0 aliphatic carbocycles. The molecule has 0 spiro atoms. The van der Waals surface area contributed by atoms with Gasteiger partial charge in [-0.3, -0.25) is 9.59 Å². The van der Waals surface area contributed by atoms with Crippen LogP contribution in [0.1, 0.15) is 54.9 Å². The van der Waals surface area contributed by atoms with Crippen molar-refractivity contribution >= 4 is 23.5 Å². The number of hydrogen-bond donors (Lipinski definition) is 2. The molecule has 20 heavy (non-hydrogen) atoms. The molecule has 2 N–H and O–H groups in total. The Morgan fingerprint density at radius 1 is 1.30 bits per heavy atom. The van der Waals surface area contributed by atoms with Crippen molar-refractivity contribution in [2.24, 2.45) is 0 Å². The van der Waals surface area contributed by atoms with Crippen LogP contribution in [-0.4, -0.2) is 23.5 Å². The summed E-state index contributed by atoms with van der Waals surface area (Å²) in [6.07, 6.45) is 1.34. The van der Waals surface area contributed by atoms with E-state index in [9.17, 15) is 9.59 Å². The Morgan fingerprint density at radius 2 is 2.00 bits per heavy atom. The Balaban J connectivity index is 2.48. The molecule has 0 radical (unpaired) electrons. The van der Waals surface area contributed by atoms with E-state index < -0.39 is 5.97 Å². The molecular weight excluding hydrogens is 278 g/mol. The molecule has 0 bridgehead atoms. The lowest BCUT2D eigenvalue weighted by molar-refractivity contribution is -0.137. The highest BCUT2D eigenvalue weighted by atomic mass is 35.5. The molecule has 0 unspecified atom stereocenters. The second-order valence-corrected chi connectivity index (χ2v) is 5.40. The summed E-state index contributed by atoms with van der Waals surface area (Å²) >= 11 is 6.14. The highest BCUT2D eigenvalue weighted by Gasteiger charge is 2.10. The molecule has 0 atom stereocenters. The van der Waals surface area contributed by atoms with Gasteiger partial charge in [-0.15, -0.1) is 0 Å². The van der Waals surface area contributed by atoms with Crippen LogP contribution in [0.25, 0.3) is 0 Å². The Hall–Kier alpha value is -1.55. The zero-order valence-corrected chi connectivity index (χ0v) is 12.5. The van der Waals surface area contributed by atoms with Crippen LogP contribution >= 0.6 is 11.6 Å². The molecule has 1 rings (SSSR count). The van der Waals surface area contributed by atoms with Gasteiger partial charge in [0.15, 0.2) is 0 Å². The van der Waals surface area contributed by atoms with Crippen molar-refractivity contribution in [2.75, 3.05) is 6.54 Å². The number of carboxylic acids is 1. The lowest BCUT2D eigenvalue weighted by Crippen LogP contribution is -2.24. The molecule has 0 fully saturated rings. The summed E-state index contributed by atoms with van der Waals surface area (Å²) in [6.45, 7) is 4.56. The van der Waals surface area contributed by atoms with Gasteiger partial charge in [0.05, 0.1) is 0 Å². The van der Waals surface area contributed by atoms with Gasteiger partial charge >= 0.3 is 5.97 Å². The van der Waals surface area contributed by atoms with Gasteiger partial charge in [-0.2, -0.15) is 0 Å². The van der Waals surface area contributed by atoms with Crippen LogP contribution < -0.4 is 5.32 Å². The summed E-state index contributed by atoms with van der Waals surface area (Å²) in [4.78, 5) is 22.2. The van der Waals surface area contributed by atoms with E-state index in [4.69, 9.17) is 16.7 Å². The van der Waals surface area contributed by atoms with E-state index in [-0.39, 0.29) is 12.3 Å². The summed E-state index contributed by atoms with van der Waals surface area (Å²) in [5.41, 5.74) is 1.54. The number of unbranched alkanes of at least 4 members (excludes halogenated alkanes) is 1. The van der Waals surface area contributed by atoms with Crippen LogP contribution in [-0.2, 0) is 4.79 Å². The minimum atomic E-state index is -0.813. The van der Waals surface area contributed by atoms with Gasteiger partial charge in [0, 0.05) is 23.6 Å². The van der Waals surface area contributed by atoms with Crippen LogP contribution in [0, 0.1) is 0 Å². The Bertz CT molecular complexity index is 486. The first-order valence-corrected chi connectivity index (χ1v) is 7.09. The minimum Gasteiger partial charge on any atom is -0.481 e. The van der Waals surface area contributed by atoms with Crippen molar-refractivity contribution in [3.8, 4) is 0 Å². The third-order valence-electron chi connectivity index (χ3n) is 2.99. The minimum absolute atomic E-state index is 0.130. The zero-order valence-electron chi connectivity index (χ0n) is 11.8. The number of benzene rings is 1.